The number of ether oxygens (including phenoxy) is 1. The molecule has 13 heavy (non-hydrogen) atoms. The fourth-order valence-electron chi connectivity index (χ4n) is 1.49. The first kappa shape index (κ1) is 9.83. The summed E-state index contributed by atoms with van der Waals surface area (Å²) in [5, 5.41) is 0. The summed E-state index contributed by atoms with van der Waals surface area (Å²) in [6.45, 7) is 2.61. The molecule has 0 bridgehead atoms. The molecule has 1 heterocycles. The third-order valence-electron chi connectivity index (χ3n) is 2.08. The Hall–Kier alpha value is -1.26. The Bertz CT molecular complexity index is 217. The quantitative estimate of drug-likeness (QED) is 0.664. The van der Waals surface area contributed by atoms with Gasteiger partial charge in [0, 0.05) is 6.54 Å². The molecule has 1 aliphatic heterocycles. The lowest BCUT2D eigenvalue weighted by molar-refractivity contribution is -0.121. The lowest BCUT2D eigenvalue weighted by atomic mass is 10.2. The molecule has 0 aromatic rings. The number of hydrogen-bond acceptors (Lipinski definition) is 3. The molecule has 0 saturated carbocycles. The van der Waals surface area contributed by atoms with E-state index in [1.165, 1.54) is 4.90 Å². The number of primary amides is 1. The first-order valence-electron chi connectivity index (χ1n) is 4.39. The molecule has 1 rings (SSSR count). The maximum atomic E-state index is 11.3. The third-order valence-corrected chi connectivity index (χ3v) is 2.08. The molecule has 2 N–H and O–H groups in total. The van der Waals surface area contributed by atoms with E-state index in [9.17, 15) is 9.59 Å². The van der Waals surface area contributed by atoms with Crippen molar-refractivity contribution in [3.8, 4) is 0 Å². The summed E-state index contributed by atoms with van der Waals surface area (Å²) in [6, 6.07) is -0.473. The van der Waals surface area contributed by atoms with Crippen molar-refractivity contribution >= 4 is 12.0 Å². The Morgan fingerprint density at radius 1 is 1.62 bits per heavy atom. The zero-order valence-electron chi connectivity index (χ0n) is 7.66. The van der Waals surface area contributed by atoms with E-state index in [0.717, 1.165) is 6.42 Å². The molecule has 0 aromatic carbocycles. The van der Waals surface area contributed by atoms with E-state index in [1.807, 2.05) is 0 Å². The highest BCUT2D eigenvalue weighted by Gasteiger charge is 2.33. The zero-order chi connectivity index (χ0) is 9.84. The van der Waals surface area contributed by atoms with Crippen molar-refractivity contribution in [3.63, 3.8) is 0 Å². The summed E-state index contributed by atoms with van der Waals surface area (Å²) in [7, 11) is 0. The van der Waals surface area contributed by atoms with Crippen LogP contribution in [0.4, 0.5) is 4.79 Å². The van der Waals surface area contributed by atoms with Crippen LogP contribution in [0.15, 0.2) is 0 Å². The molecular weight excluding hydrogens is 172 g/mol. The van der Waals surface area contributed by atoms with Gasteiger partial charge in [0.1, 0.15) is 6.04 Å². The summed E-state index contributed by atoms with van der Waals surface area (Å²) in [5.74, 6) is -0.453. The van der Waals surface area contributed by atoms with Crippen LogP contribution < -0.4 is 5.73 Å². The normalized spacial score (nSPS) is 21.6. The van der Waals surface area contributed by atoms with E-state index < -0.39 is 18.0 Å². The van der Waals surface area contributed by atoms with E-state index in [4.69, 9.17) is 10.5 Å². The highest BCUT2D eigenvalue weighted by Crippen LogP contribution is 2.17. The molecule has 1 atom stereocenters. The van der Waals surface area contributed by atoms with Gasteiger partial charge in [-0.2, -0.15) is 0 Å². The van der Waals surface area contributed by atoms with Crippen molar-refractivity contribution in [2.75, 3.05) is 13.2 Å². The summed E-state index contributed by atoms with van der Waals surface area (Å²) in [4.78, 5) is 23.5. The zero-order valence-corrected chi connectivity index (χ0v) is 7.66. The lowest BCUT2D eigenvalue weighted by Crippen LogP contribution is -2.43. The summed E-state index contributed by atoms with van der Waals surface area (Å²) >= 11 is 0. The highest BCUT2D eigenvalue weighted by molar-refractivity contribution is 5.84. The Balaban J connectivity index is 2.57. The predicted octanol–water partition coefficient (Wildman–Crippen LogP) is 0.0926. The van der Waals surface area contributed by atoms with Gasteiger partial charge in [0.2, 0.25) is 5.91 Å². The molecule has 0 radical (unpaired) electrons. The highest BCUT2D eigenvalue weighted by atomic mass is 16.6. The molecule has 0 aromatic heterocycles. The number of carbonyl (C=O) groups excluding carboxylic acids is 2. The van der Waals surface area contributed by atoms with Gasteiger partial charge < -0.3 is 10.5 Å². The Morgan fingerprint density at radius 2 is 2.31 bits per heavy atom. The van der Waals surface area contributed by atoms with E-state index in [-0.39, 0.29) is 0 Å². The Morgan fingerprint density at radius 3 is 2.85 bits per heavy atom. The van der Waals surface area contributed by atoms with Crippen LogP contribution in [0.2, 0.25) is 0 Å². The molecule has 1 aliphatic rings. The maximum absolute atomic E-state index is 11.3. The largest absolute Gasteiger partial charge is 0.450 e. The topological polar surface area (TPSA) is 72.6 Å². The standard InChI is InChI=1S/C8H14N2O3/c1-2-13-8(12)10-5-3-4-6(10)7(9)11/h6H,2-5H2,1H3,(H2,9,11). The second kappa shape index (κ2) is 4.11. The number of nitrogens with two attached hydrogens (primary N) is 1. The van der Waals surface area contributed by atoms with Crippen molar-refractivity contribution < 1.29 is 14.3 Å². The Kier molecular flexibility index (Phi) is 3.11. The van der Waals surface area contributed by atoms with Gasteiger partial charge in [-0.25, -0.2) is 4.79 Å². The number of amides is 2. The van der Waals surface area contributed by atoms with Crippen LogP contribution >= 0.6 is 0 Å². The number of carbonyl (C=O) groups is 2. The smallest absolute Gasteiger partial charge is 0.410 e. The van der Waals surface area contributed by atoms with E-state index in [1.54, 1.807) is 6.92 Å². The number of nitrogens with zero attached hydrogens (tertiary/aromatic N) is 1. The molecule has 0 spiro atoms. The van der Waals surface area contributed by atoms with Crippen molar-refractivity contribution in [2.45, 2.75) is 25.8 Å². The van der Waals surface area contributed by atoms with E-state index in [0.29, 0.717) is 19.6 Å². The van der Waals surface area contributed by atoms with Crippen molar-refractivity contribution in [1.29, 1.82) is 0 Å². The predicted molar refractivity (Wildman–Crippen MR) is 45.9 cm³/mol. The Labute approximate surface area is 76.8 Å². The van der Waals surface area contributed by atoms with Crippen LogP contribution in [0.25, 0.3) is 0 Å². The first-order chi connectivity index (χ1) is 6.16. The van der Waals surface area contributed by atoms with Crippen LogP contribution in [0.3, 0.4) is 0 Å². The first-order valence-corrected chi connectivity index (χ1v) is 4.39. The van der Waals surface area contributed by atoms with Crippen LogP contribution in [-0.4, -0.2) is 36.1 Å². The van der Waals surface area contributed by atoms with Crippen LogP contribution in [0.1, 0.15) is 19.8 Å². The van der Waals surface area contributed by atoms with E-state index >= 15 is 0 Å². The van der Waals surface area contributed by atoms with Gasteiger partial charge in [-0.15, -0.1) is 0 Å². The average molecular weight is 186 g/mol. The van der Waals surface area contributed by atoms with Gasteiger partial charge >= 0.3 is 6.09 Å². The second-order valence-corrected chi connectivity index (χ2v) is 2.95. The molecular formula is C8H14N2O3. The van der Waals surface area contributed by atoms with Gasteiger partial charge in [-0.3, -0.25) is 9.69 Å². The molecule has 5 heteroatoms. The van der Waals surface area contributed by atoms with E-state index in [2.05, 4.69) is 0 Å². The molecule has 74 valence electrons. The molecule has 0 aliphatic carbocycles. The van der Waals surface area contributed by atoms with Gasteiger partial charge in [0.05, 0.1) is 6.61 Å². The fraction of sp³-hybridized carbons (Fsp3) is 0.750. The summed E-state index contributed by atoms with van der Waals surface area (Å²) < 4.78 is 4.79. The minimum atomic E-state index is -0.473. The van der Waals surface area contributed by atoms with Crippen LogP contribution in [-0.2, 0) is 9.53 Å². The molecule has 1 unspecified atom stereocenters. The molecule has 1 fully saturated rings. The molecule has 5 nitrogen and oxygen atoms in total. The summed E-state index contributed by atoms with van der Waals surface area (Å²) in [5.41, 5.74) is 5.13. The van der Waals surface area contributed by atoms with Gasteiger partial charge in [0.15, 0.2) is 0 Å². The average Bonchev–Trinajstić information content (AvgIpc) is 2.52. The maximum Gasteiger partial charge on any atom is 0.410 e. The van der Waals surface area contributed by atoms with Crippen molar-refractivity contribution in [3.05, 3.63) is 0 Å². The van der Waals surface area contributed by atoms with Crippen LogP contribution in [0, 0.1) is 0 Å². The van der Waals surface area contributed by atoms with Crippen LogP contribution in [0.5, 0.6) is 0 Å². The van der Waals surface area contributed by atoms with Crippen molar-refractivity contribution in [2.24, 2.45) is 5.73 Å². The number of rotatable bonds is 2. The van der Waals surface area contributed by atoms with Crippen molar-refractivity contribution in [1.82, 2.24) is 4.90 Å². The molecule has 2 amide bonds. The number of likely N-dealkylation sites (tertiary alicyclic amines) is 1. The minimum absolute atomic E-state index is 0.320. The van der Waals surface area contributed by atoms with Gasteiger partial charge in [-0.1, -0.05) is 0 Å². The minimum Gasteiger partial charge on any atom is -0.450 e. The SMILES string of the molecule is CCOC(=O)N1CCCC1C(N)=O. The number of hydrogen-bond donors (Lipinski definition) is 1. The molecule has 1 saturated heterocycles. The third kappa shape index (κ3) is 2.11. The summed E-state index contributed by atoms with van der Waals surface area (Å²) in [6.07, 6.45) is 1.02. The van der Waals surface area contributed by atoms with Gasteiger partial charge in [-0.05, 0) is 19.8 Å². The monoisotopic (exact) mass is 186 g/mol. The van der Waals surface area contributed by atoms with Gasteiger partial charge in [0.25, 0.3) is 0 Å². The fourth-order valence-corrected chi connectivity index (χ4v) is 1.49. The second-order valence-electron chi connectivity index (χ2n) is 2.95. The lowest BCUT2D eigenvalue weighted by Gasteiger charge is -2.20.